The average Bonchev–Trinajstić information content (AvgIpc) is 2.37. The Morgan fingerprint density at radius 3 is 1.95 bits per heavy atom. The molecule has 0 unspecified atom stereocenters. The lowest BCUT2D eigenvalue weighted by Crippen LogP contribution is -2.11. The standard InChI is InChI=1S/C17H19F2N/c1-17(2,3)12-7-9-13(10-8-12)20-11-14-15(18)5-4-6-16(14)19/h4-10,20H,11H2,1-3H3. The van der Waals surface area contributed by atoms with Crippen LogP contribution in [0.15, 0.2) is 42.5 Å². The molecule has 0 bridgehead atoms. The normalized spacial score (nSPS) is 11.4. The number of anilines is 1. The minimum Gasteiger partial charge on any atom is -0.381 e. The summed E-state index contributed by atoms with van der Waals surface area (Å²) in [5, 5.41) is 3.04. The first kappa shape index (κ1) is 14.5. The topological polar surface area (TPSA) is 12.0 Å². The Balaban J connectivity index is 2.08. The Bertz CT molecular complexity index is 563. The maximum atomic E-state index is 13.5. The fraction of sp³-hybridized carbons (Fsp3) is 0.294. The molecule has 3 heteroatoms. The molecule has 0 aromatic heterocycles. The Labute approximate surface area is 118 Å². The van der Waals surface area contributed by atoms with E-state index in [-0.39, 0.29) is 17.5 Å². The summed E-state index contributed by atoms with van der Waals surface area (Å²) in [6.07, 6.45) is 0. The van der Waals surface area contributed by atoms with Crippen LogP contribution >= 0.6 is 0 Å². The molecule has 0 fully saturated rings. The van der Waals surface area contributed by atoms with E-state index in [0.29, 0.717) is 0 Å². The number of benzene rings is 2. The Hall–Kier alpha value is -1.90. The first-order chi connectivity index (χ1) is 9.38. The molecule has 1 nitrogen and oxygen atoms in total. The second-order valence-corrected chi connectivity index (χ2v) is 5.88. The first-order valence-electron chi connectivity index (χ1n) is 6.65. The highest BCUT2D eigenvalue weighted by molar-refractivity contribution is 5.46. The molecule has 0 aliphatic heterocycles. The van der Waals surface area contributed by atoms with Gasteiger partial charge in [-0.15, -0.1) is 0 Å². The second kappa shape index (κ2) is 5.61. The third-order valence-corrected chi connectivity index (χ3v) is 3.28. The minimum atomic E-state index is -0.524. The van der Waals surface area contributed by atoms with Crippen LogP contribution in [0.3, 0.4) is 0 Å². The van der Waals surface area contributed by atoms with Gasteiger partial charge in [-0.05, 0) is 35.2 Å². The van der Waals surface area contributed by atoms with Crippen LogP contribution in [0.25, 0.3) is 0 Å². The van der Waals surface area contributed by atoms with Gasteiger partial charge in [0.1, 0.15) is 11.6 Å². The molecule has 0 spiro atoms. The zero-order valence-corrected chi connectivity index (χ0v) is 12.0. The van der Waals surface area contributed by atoms with Crippen LogP contribution in [0.4, 0.5) is 14.5 Å². The van der Waals surface area contributed by atoms with Gasteiger partial charge >= 0.3 is 0 Å². The lowest BCUT2D eigenvalue weighted by atomic mass is 9.87. The van der Waals surface area contributed by atoms with E-state index in [4.69, 9.17) is 0 Å². The molecule has 0 saturated heterocycles. The molecule has 2 aromatic rings. The van der Waals surface area contributed by atoms with Crippen LogP contribution in [0.5, 0.6) is 0 Å². The fourth-order valence-electron chi connectivity index (χ4n) is 1.98. The molecule has 0 aliphatic carbocycles. The van der Waals surface area contributed by atoms with E-state index in [0.717, 1.165) is 5.69 Å². The highest BCUT2D eigenvalue weighted by Crippen LogP contribution is 2.24. The molecule has 20 heavy (non-hydrogen) atoms. The van der Waals surface area contributed by atoms with Crippen LogP contribution in [0.1, 0.15) is 31.9 Å². The number of hydrogen-bond acceptors (Lipinski definition) is 1. The molecule has 0 aliphatic rings. The van der Waals surface area contributed by atoms with Crippen molar-refractivity contribution in [3.05, 3.63) is 65.2 Å². The quantitative estimate of drug-likeness (QED) is 0.842. The van der Waals surface area contributed by atoms with E-state index >= 15 is 0 Å². The molecular formula is C17H19F2N. The van der Waals surface area contributed by atoms with Gasteiger partial charge in [-0.25, -0.2) is 8.78 Å². The summed E-state index contributed by atoms with van der Waals surface area (Å²) in [4.78, 5) is 0. The summed E-state index contributed by atoms with van der Waals surface area (Å²) in [6, 6.07) is 11.8. The van der Waals surface area contributed by atoms with Crippen molar-refractivity contribution in [1.82, 2.24) is 0 Å². The molecule has 0 saturated carbocycles. The number of halogens is 2. The summed E-state index contributed by atoms with van der Waals surface area (Å²) < 4.78 is 27.0. The van der Waals surface area contributed by atoms with Gasteiger partial charge in [0, 0.05) is 17.8 Å². The lowest BCUT2D eigenvalue weighted by molar-refractivity contribution is 0.560. The Morgan fingerprint density at radius 2 is 1.45 bits per heavy atom. The SMILES string of the molecule is CC(C)(C)c1ccc(NCc2c(F)cccc2F)cc1. The number of hydrogen-bond donors (Lipinski definition) is 1. The third-order valence-electron chi connectivity index (χ3n) is 3.28. The lowest BCUT2D eigenvalue weighted by Gasteiger charge is -2.19. The molecule has 1 N–H and O–H groups in total. The minimum absolute atomic E-state index is 0.0624. The Morgan fingerprint density at radius 1 is 0.900 bits per heavy atom. The van der Waals surface area contributed by atoms with Gasteiger partial charge in [0.2, 0.25) is 0 Å². The first-order valence-corrected chi connectivity index (χ1v) is 6.65. The zero-order chi connectivity index (χ0) is 14.8. The average molecular weight is 275 g/mol. The summed E-state index contributed by atoms with van der Waals surface area (Å²) in [5.74, 6) is -1.05. The second-order valence-electron chi connectivity index (χ2n) is 5.88. The van der Waals surface area contributed by atoms with Crippen molar-refractivity contribution >= 4 is 5.69 Å². The van der Waals surface area contributed by atoms with Crippen LogP contribution in [-0.4, -0.2) is 0 Å². The summed E-state index contributed by atoms with van der Waals surface area (Å²) in [6.45, 7) is 6.56. The largest absolute Gasteiger partial charge is 0.381 e. The molecule has 2 aromatic carbocycles. The van der Waals surface area contributed by atoms with Crippen molar-refractivity contribution in [3.8, 4) is 0 Å². The van der Waals surface area contributed by atoms with E-state index in [1.807, 2.05) is 24.3 Å². The molecule has 0 radical (unpaired) electrons. The highest BCUT2D eigenvalue weighted by atomic mass is 19.1. The van der Waals surface area contributed by atoms with Crippen LogP contribution < -0.4 is 5.32 Å². The van der Waals surface area contributed by atoms with Crippen molar-refractivity contribution in [3.63, 3.8) is 0 Å². The van der Waals surface area contributed by atoms with Crippen molar-refractivity contribution < 1.29 is 8.78 Å². The Kier molecular flexibility index (Phi) is 4.07. The fourth-order valence-corrected chi connectivity index (χ4v) is 1.98. The molecule has 106 valence electrons. The van der Waals surface area contributed by atoms with Gasteiger partial charge in [0.05, 0.1) is 0 Å². The molecular weight excluding hydrogens is 256 g/mol. The smallest absolute Gasteiger partial charge is 0.131 e. The van der Waals surface area contributed by atoms with Gasteiger partial charge in [-0.3, -0.25) is 0 Å². The summed E-state index contributed by atoms with van der Waals surface area (Å²) >= 11 is 0. The zero-order valence-electron chi connectivity index (χ0n) is 12.0. The van der Waals surface area contributed by atoms with Crippen LogP contribution in [0.2, 0.25) is 0 Å². The van der Waals surface area contributed by atoms with Gasteiger partial charge in [0.15, 0.2) is 0 Å². The van der Waals surface area contributed by atoms with E-state index < -0.39 is 11.6 Å². The maximum Gasteiger partial charge on any atom is 0.131 e. The van der Waals surface area contributed by atoms with Crippen molar-refractivity contribution in [2.24, 2.45) is 0 Å². The maximum absolute atomic E-state index is 13.5. The monoisotopic (exact) mass is 275 g/mol. The van der Waals surface area contributed by atoms with Crippen molar-refractivity contribution in [2.45, 2.75) is 32.7 Å². The number of nitrogens with one attached hydrogen (secondary N) is 1. The number of rotatable bonds is 3. The van der Waals surface area contributed by atoms with E-state index in [2.05, 4.69) is 26.1 Å². The van der Waals surface area contributed by atoms with Crippen LogP contribution in [-0.2, 0) is 12.0 Å². The molecule has 0 amide bonds. The predicted octanol–water partition coefficient (Wildman–Crippen LogP) is 4.87. The molecule has 2 rings (SSSR count). The van der Waals surface area contributed by atoms with Gasteiger partial charge < -0.3 is 5.32 Å². The van der Waals surface area contributed by atoms with Gasteiger partial charge in [-0.2, -0.15) is 0 Å². The molecule has 0 atom stereocenters. The van der Waals surface area contributed by atoms with Gasteiger partial charge in [0.25, 0.3) is 0 Å². The van der Waals surface area contributed by atoms with E-state index in [1.54, 1.807) is 0 Å². The van der Waals surface area contributed by atoms with E-state index in [1.165, 1.54) is 23.8 Å². The van der Waals surface area contributed by atoms with Gasteiger partial charge in [-0.1, -0.05) is 39.0 Å². The third kappa shape index (κ3) is 3.35. The van der Waals surface area contributed by atoms with Crippen LogP contribution in [0, 0.1) is 11.6 Å². The highest BCUT2D eigenvalue weighted by Gasteiger charge is 2.13. The van der Waals surface area contributed by atoms with Crippen molar-refractivity contribution in [2.75, 3.05) is 5.32 Å². The summed E-state index contributed by atoms with van der Waals surface area (Å²) in [7, 11) is 0. The summed E-state index contributed by atoms with van der Waals surface area (Å²) in [5.41, 5.74) is 2.23. The van der Waals surface area contributed by atoms with Crippen molar-refractivity contribution in [1.29, 1.82) is 0 Å². The predicted molar refractivity (Wildman–Crippen MR) is 78.8 cm³/mol. The van der Waals surface area contributed by atoms with E-state index in [9.17, 15) is 8.78 Å². The molecule has 0 heterocycles.